The van der Waals surface area contributed by atoms with Crippen molar-refractivity contribution in [2.24, 2.45) is 5.92 Å². The number of likely N-dealkylation sites (tertiary alicyclic amines) is 1. The van der Waals surface area contributed by atoms with Crippen LogP contribution >= 0.6 is 0 Å². The van der Waals surface area contributed by atoms with Crippen molar-refractivity contribution in [1.29, 1.82) is 0 Å². The van der Waals surface area contributed by atoms with Crippen molar-refractivity contribution < 1.29 is 4.52 Å². The van der Waals surface area contributed by atoms with Crippen LogP contribution in [0, 0.1) is 5.92 Å². The second kappa shape index (κ2) is 6.88. The molecule has 1 atom stereocenters. The highest BCUT2D eigenvalue weighted by atomic mass is 16.5. The summed E-state index contributed by atoms with van der Waals surface area (Å²) in [7, 11) is 0. The number of nitrogens with zero attached hydrogens (tertiary/aromatic N) is 7. The Balaban J connectivity index is 1.37. The quantitative estimate of drug-likeness (QED) is 0.704. The third-order valence-electron chi connectivity index (χ3n) is 4.24. The first kappa shape index (κ1) is 14.9. The van der Waals surface area contributed by atoms with Crippen LogP contribution in [0.5, 0.6) is 0 Å². The lowest BCUT2D eigenvalue weighted by atomic mass is 9.98. The van der Waals surface area contributed by atoms with E-state index in [4.69, 9.17) is 4.52 Å². The van der Waals surface area contributed by atoms with Crippen molar-refractivity contribution in [1.82, 2.24) is 34.8 Å². The molecule has 0 spiro atoms. The van der Waals surface area contributed by atoms with Gasteiger partial charge < -0.3 is 4.52 Å². The van der Waals surface area contributed by atoms with Gasteiger partial charge in [-0.1, -0.05) is 11.2 Å². The van der Waals surface area contributed by atoms with Gasteiger partial charge in [-0.25, -0.2) is 4.98 Å². The van der Waals surface area contributed by atoms with E-state index < -0.39 is 0 Å². The normalized spacial score (nSPS) is 18.8. The van der Waals surface area contributed by atoms with E-state index in [0.717, 1.165) is 25.3 Å². The number of rotatable bonds is 5. The molecule has 1 fully saturated rings. The molecule has 8 nitrogen and oxygen atoms in total. The van der Waals surface area contributed by atoms with Crippen LogP contribution in [0.4, 0.5) is 0 Å². The van der Waals surface area contributed by atoms with E-state index in [-0.39, 0.29) is 0 Å². The van der Waals surface area contributed by atoms with E-state index in [9.17, 15) is 0 Å². The lowest BCUT2D eigenvalue weighted by Crippen LogP contribution is -2.36. The molecule has 1 aliphatic heterocycles. The molecule has 124 valence electrons. The Kier molecular flexibility index (Phi) is 4.28. The van der Waals surface area contributed by atoms with E-state index in [2.05, 4.69) is 30.1 Å². The van der Waals surface area contributed by atoms with E-state index in [0.29, 0.717) is 24.2 Å². The van der Waals surface area contributed by atoms with Crippen molar-refractivity contribution >= 4 is 0 Å². The number of hydrogen-bond donors (Lipinski definition) is 0. The van der Waals surface area contributed by atoms with Crippen molar-refractivity contribution in [3.63, 3.8) is 0 Å². The lowest BCUT2D eigenvalue weighted by molar-refractivity contribution is 0.138. The van der Waals surface area contributed by atoms with Crippen LogP contribution in [0.25, 0.3) is 11.5 Å². The Hall–Kier alpha value is -2.61. The first-order chi connectivity index (χ1) is 11.9. The maximum atomic E-state index is 5.39. The molecule has 1 aliphatic rings. The molecule has 3 aromatic heterocycles. The van der Waals surface area contributed by atoms with Crippen molar-refractivity contribution in [3.05, 3.63) is 42.9 Å². The number of piperidine rings is 1. The number of hydrogen-bond acceptors (Lipinski definition) is 7. The fraction of sp³-hybridized carbons (Fsp3) is 0.438. The first-order valence-corrected chi connectivity index (χ1v) is 8.15. The third-order valence-corrected chi connectivity index (χ3v) is 4.24. The fourth-order valence-electron chi connectivity index (χ4n) is 3.14. The Morgan fingerprint density at radius 2 is 2.29 bits per heavy atom. The molecule has 0 aliphatic carbocycles. The summed E-state index contributed by atoms with van der Waals surface area (Å²) in [5, 5.41) is 8.23. The number of pyridine rings is 1. The Morgan fingerprint density at radius 1 is 1.29 bits per heavy atom. The molecule has 0 unspecified atom stereocenters. The summed E-state index contributed by atoms with van der Waals surface area (Å²) in [6.45, 7) is 3.63. The van der Waals surface area contributed by atoms with Gasteiger partial charge in [0.2, 0.25) is 11.7 Å². The van der Waals surface area contributed by atoms with Crippen LogP contribution in [-0.4, -0.2) is 47.9 Å². The summed E-state index contributed by atoms with van der Waals surface area (Å²) < 4.78 is 7.30. The van der Waals surface area contributed by atoms with Crippen LogP contribution in [0.2, 0.25) is 0 Å². The number of aromatic nitrogens is 6. The minimum Gasteiger partial charge on any atom is -0.337 e. The van der Waals surface area contributed by atoms with E-state index >= 15 is 0 Å². The zero-order valence-corrected chi connectivity index (χ0v) is 13.3. The smallest absolute Gasteiger partial charge is 0.241 e. The summed E-state index contributed by atoms with van der Waals surface area (Å²) in [4.78, 5) is 15.1. The highest BCUT2D eigenvalue weighted by Gasteiger charge is 2.22. The van der Waals surface area contributed by atoms with Crippen LogP contribution in [0.1, 0.15) is 18.7 Å². The summed E-state index contributed by atoms with van der Waals surface area (Å²) in [6.07, 6.45) is 7.46. The second-order valence-electron chi connectivity index (χ2n) is 6.09. The average Bonchev–Trinajstić information content (AvgIpc) is 3.28. The fourth-order valence-corrected chi connectivity index (χ4v) is 3.14. The van der Waals surface area contributed by atoms with Gasteiger partial charge in [-0.3, -0.25) is 14.6 Å². The topological polar surface area (TPSA) is 85.8 Å². The molecule has 4 heterocycles. The first-order valence-electron chi connectivity index (χ1n) is 8.15. The van der Waals surface area contributed by atoms with E-state index in [1.807, 2.05) is 22.9 Å². The highest BCUT2D eigenvalue weighted by Crippen LogP contribution is 2.20. The van der Waals surface area contributed by atoms with Gasteiger partial charge >= 0.3 is 0 Å². The van der Waals surface area contributed by atoms with E-state index in [1.54, 1.807) is 18.9 Å². The van der Waals surface area contributed by atoms with Crippen molar-refractivity contribution in [3.8, 4) is 11.5 Å². The Labute approximate surface area is 139 Å². The van der Waals surface area contributed by atoms with Gasteiger partial charge in [0.25, 0.3) is 0 Å². The van der Waals surface area contributed by atoms with E-state index in [1.165, 1.54) is 12.8 Å². The maximum Gasteiger partial charge on any atom is 0.241 e. The van der Waals surface area contributed by atoms with Crippen molar-refractivity contribution in [2.75, 3.05) is 13.1 Å². The molecule has 24 heavy (non-hydrogen) atoms. The molecular formula is C16H19N7O. The molecule has 0 radical (unpaired) electrons. The largest absolute Gasteiger partial charge is 0.337 e. The summed E-state index contributed by atoms with van der Waals surface area (Å²) in [5.74, 6) is 1.75. The predicted molar refractivity (Wildman–Crippen MR) is 85.6 cm³/mol. The van der Waals surface area contributed by atoms with Gasteiger partial charge in [0, 0.05) is 19.3 Å². The summed E-state index contributed by atoms with van der Waals surface area (Å²) in [5.41, 5.74) is 0.732. The zero-order valence-electron chi connectivity index (χ0n) is 13.3. The average molecular weight is 325 g/mol. The van der Waals surface area contributed by atoms with Gasteiger partial charge in [-0.15, -0.1) is 0 Å². The van der Waals surface area contributed by atoms with Gasteiger partial charge in [0.05, 0.1) is 6.54 Å². The third kappa shape index (κ3) is 3.48. The van der Waals surface area contributed by atoms with Gasteiger partial charge in [-0.05, 0) is 37.4 Å². The van der Waals surface area contributed by atoms with Crippen LogP contribution in [0.3, 0.4) is 0 Å². The second-order valence-corrected chi connectivity index (χ2v) is 6.09. The van der Waals surface area contributed by atoms with Gasteiger partial charge in [0.1, 0.15) is 18.3 Å². The molecule has 0 amide bonds. The molecule has 1 saturated heterocycles. The SMILES string of the molecule is c1ccc(-c2noc(CN3CCC[C@H](Cn4cncn4)C3)n2)nc1. The zero-order chi connectivity index (χ0) is 16.2. The standard InChI is InChI=1S/C16H19N7O/c1-2-6-18-14(5-1)16-20-15(24-21-16)10-22-7-3-4-13(8-22)9-23-12-17-11-19-23/h1-2,5-6,11-13H,3-4,7-10H2/t13-/m0/s1. The van der Waals surface area contributed by atoms with Gasteiger partial charge in [0.15, 0.2) is 0 Å². The van der Waals surface area contributed by atoms with Crippen LogP contribution < -0.4 is 0 Å². The Morgan fingerprint density at radius 3 is 3.12 bits per heavy atom. The van der Waals surface area contributed by atoms with Crippen LogP contribution in [-0.2, 0) is 13.1 Å². The van der Waals surface area contributed by atoms with Gasteiger partial charge in [-0.2, -0.15) is 10.1 Å². The van der Waals surface area contributed by atoms with Crippen molar-refractivity contribution in [2.45, 2.75) is 25.9 Å². The molecule has 0 saturated carbocycles. The summed E-state index contributed by atoms with van der Waals surface area (Å²) in [6, 6.07) is 5.66. The molecule has 4 rings (SSSR count). The highest BCUT2D eigenvalue weighted by molar-refractivity contribution is 5.46. The molecular weight excluding hydrogens is 306 g/mol. The molecule has 0 aromatic carbocycles. The minimum absolute atomic E-state index is 0.543. The molecule has 3 aromatic rings. The minimum atomic E-state index is 0.543. The predicted octanol–water partition coefficient (Wildman–Crippen LogP) is 1.64. The Bertz CT molecular complexity index is 756. The lowest BCUT2D eigenvalue weighted by Gasteiger charge is -2.31. The van der Waals surface area contributed by atoms with Crippen LogP contribution in [0.15, 0.2) is 41.6 Å². The summed E-state index contributed by atoms with van der Waals surface area (Å²) >= 11 is 0. The maximum absolute atomic E-state index is 5.39. The molecule has 0 bridgehead atoms. The monoisotopic (exact) mass is 325 g/mol. The molecule has 0 N–H and O–H groups in total. The molecule has 8 heteroatoms.